The smallest absolute Gasteiger partial charge is 0.305 e. The van der Waals surface area contributed by atoms with Crippen molar-refractivity contribution in [2.45, 2.75) is 109 Å². The predicted molar refractivity (Wildman–Crippen MR) is 178 cm³/mol. The van der Waals surface area contributed by atoms with Crippen LogP contribution in [-0.4, -0.2) is 44.6 Å². The molecule has 2 aromatic carbocycles. The van der Waals surface area contributed by atoms with Crippen molar-refractivity contribution >= 4 is 24.7 Å². The zero-order valence-corrected chi connectivity index (χ0v) is 28.2. The van der Waals surface area contributed by atoms with Crippen LogP contribution in [0.2, 0.25) is 5.04 Å². The number of esters is 1. The molecule has 4 atom stereocenters. The number of hydrogen-bond acceptors (Lipinski definition) is 4. The van der Waals surface area contributed by atoms with Gasteiger partial charge in [-0.05, 0) is 59.5 Å². The molecule has 0 radical (unpaired) electrons. The Balaban J connectivity index is 1.98. The lowest BCUT2D eigenvalue weighted by Gasteiger charge is -2.45. The first-order valence-electron chi connectivity index (χ1n) is 16.2. The maximum Gasteiger partial charge on any atom is 0.305 e. The van der Waals surface area contributed by atoms with Gasteiger partial charge in [-0.25, -0.2) is 8.78 Å². The third-order valence-electron chi connectivity index (χ3n) is 8.87. The van der Waals surface area contributed by atoms with Gasteiger partial charge in [0.1, 0.15) is 0 Å². The molecule has 44 heavy (non-hydrogen) atoms. The minimum absolute atomic E-state index is 0.188. The Labute approximate surface area is 264 Å². The minimum Gasteiger partial charge on any atom is -0.469 e. The molecule has 0 aliphatic heterocycles. The molecule has 242 valence electrons. The lowest BCUT2D eigenvalue weighted by Crippen LogP contribution is -2.68. The summed E-state index contributed by atoms with van der Waals surface area (Å²) >= 11 is 0. The summed E-state index contributed by atoms with van der Waals surface area (Å²) in [6, 6.07) is 20.7. The van der Waals surface area contributed by atoms with Crippen molar-refractivity contribution in [3.05, 3.63) is 85.0 Å². The van der Waals surface area contributed by atoms with Gasteiger partial charge in [-0.1, -0.05) is 119 Å². The molecule has 0 heterocycles. The van der Waals surface area contributed by atoms with Crippen LogP contribution >= 0.6 is 0 Å². The standard InChI is InChI=1S/C37H52F2O4Si/c1-6-7-18-26-37(38,39)27-25-31-32(23-16-8-9-17-24-35(41)42-5)34(28-33(31)40)43-44(36(2,3)4,29-19-12-10-13-20-29)30-21-14-11-15-22-30/h8,10-16,19-22,25,27,31-34,40H,6-7,9,17-18,23-24,26,28H2,1-5H3/t31-,32-,33-,34+/m1/s1. The topological polar surface area (TPSA) is 55.8 Å². The van der Waals surface area contributed by atoms with E-state index in [9.17, 15) is 18.7 Å². The second-order valence-corrected chi connectivity index (χ2v) is 17.4. The van der Waals surface area contributed by atoms with Gasteiger partial charge in [0, 0.05) is 18.8 Å². The Morgan fingerprint density at radius 1 is 0.977 bits per heavy atom. The molecule has 0 aromatic heterocycles. The molecule has 1 aliphatic rings. The SMILES string of the molecule is CCCCCC(F)(F)C=C[C@@H]1[C@@H](CC=CCCCC(=O)OC)[C@@H](O[Si](c2ccccc2)(c2ccccc2)C(C)(C)C)C[C@H]1O. The second-order valence-electron chi connectivity index (χ2n) is 13.1. The lowest BCUT2D eigenvalue weighted by molar-refractivity contribution is -0.140. The summed E-state index contributed by atoms with van der Waals surface area (Å²) in [4.78, 5) is 11.5. The van der Waals surface area contributed by atoms with Crippen molar-refractivity contribution in [2.75, 3.05) is 7.11 Å². The lowest BCUT2D eigenvalue weighted by atomic mass is 9.89. The molecule has 1 saturated carbocycles. The van der Waals surface area contributed by atoms with Gasteiger partial charge in [0.2, 0.25) is 0 Å². The summed E-state index contributed by atoms with van der Waals surface area (Å²) in [6.45, 7) is 8.65. The maximum absolute atomic E-state index is 14.9. The quantitative estimate of drug-likeness (QED) is 0.0888. The highest BCUT2D eigenvalue weighted by molar-refractivity contribution is 6.99. The summed E-state index contributed by atoms with van der Waals surface area (Å²) in [6.07, 6.45) is 10.2. The van der Waals surface area contributed by atoms with Crippen LogP contribution in [0.1, 0.15) is 85.5 Å². The van der Waals surface area contributed by atoms with E-state index in [4.69, 9.17) is 9.16 Å². The van der Waals surface area contributed by atoms with E-state index in [0.717, 1.165) is 29.3 Å². The molecule has 1 fully saturated rings. The first-order chi connectivity index (χ1) is 20.9. The molecule has 1 N–H and O–H groups in total. The van der Waals surface area contributed by atoms with Crippen LogP contribution < -0.4 is 10.4 Å². The molecule has 0 bridgehead atoms. The van der Waals surface area contributed by atoms with E-state index in [1.54, 1.807) is 6.08 Å². The number of carbonyl (C=O) groups is 1. The summed E-state index contributed by atoms with van der Waals surface area (Å²) in [5.41, 5.74) is 0. The highest BCUT2D eigenvalue weighted by Gasteiger charge is 2.54. The van der Waals surface area contributed by atoms with Crippen LogP contribution in [0, 0.1) is 11.8 Å². The summed E-state index contributed by atoms with van der Waals surface area (Å²) in [5, 5.41) is 13.4. The first kappa shape index (κ1) is 35.9. The third-order valence-corrected chi connectivity index (χ3v) is 13.9. The molecular formula is C37H52F2O4Si. The van der Waals surface area contributed by atoms with Crippen LogP contribution in [0.3, 0.4) is 0 Å². The third kappa shape index (κ3) is 9.45. The number of hydrogen-bond donors (Lipinski definition) is 1. The molecule has 0 saturated heterocycles. The van der Waals surface area contributed by atoms with Crippen molar-refractivity contribution in [3.8, 4) is 0 Å². The minimum atomic E-state index is -2.93. The number of methoxy groups -OCH3 is 1. The van der Waals surface area contributed by atoms with E-state index in [1.807, 2.05) is 49.4 Å². The highest BCUT2D eigenvalue weighted by atomic mass is 28.4. The number of carbonyl (C=O) groups excluding carboxylic acids is 1. The van der Waals surface area contributed by atoms with Gasteiger partial charge in [-0.2, -0.15) is 0 Å². The molecule has 4 nitrogen and oxygen atoms in total. The summed E-state index contributed by atoms with van der Waals surface area (Å²) < 4.78 is 41.9. The van der Waals surface area contributed by atoms with Crippen LogP contribution in [0.4, 0.5) is 8.78 Å². The average molecular weight is 627 g/mol. The van der Waals surface area contributed by atoms with E-state index >= 15 is 0 Å². The van der Waals surface area contributed by atoms with Crippen LogP contribution in [-0.2, 0) is 14.0 Å². The van der Waals surface area contributed by atoms with E-state index in [2.05, 4.69) is 51.1 Å². The van der Waals surface area contributed by atoms with E-state index in [0.29, 0.717) is 38.5 Å². The van der Waals surface area contributed by atoms with Crippen molar-refractivity contribution in [3.63, 3.8) is 0 Å². The fraction of sp³-hybridized carbons (Fsp3) is 0.541. The number of benzene rings is 2. The van der Waals surface area contributed by atoms with Gasteiger partial charge in [-0.3, -0.25) is 4.79 Å². The fourth-order valence-electron chi connectivity index (χ4n) is 6.52. The average Bonchev–Trinajstić information content (AvgIpc) is 3.29. The number of ether oxygens (including phenoxy) is 1. The van der Waals surface area contributed by atoms with Crippen molar-refractivity contribution in [1.82, 2.24) is 0 Å². The second kappa shape index (κ2) is 16.6. The Kier molecular flexibility index (Phi) is 13.6. The molecule has 0 amide bonds. The number of aliphatic hydroxyl groups is 1. The van der Waals surface area contributed by atoms with Crippen LogP contribution in [0.25, 0.3) is 0 Å². The zero-order chi connectivity index (χ0) is 32.2. The van der Waals surface area contributed by atoms with E-state index < -0.39 is 26.3 Å². The molecule has 0 unspecified atom stereocenters. The molecule has 1 aliphatic carbocycles. The molecule has 7 heteroatoms. The molecular weight excluding hydrogens is 574 g/mol. The summed E-state index contributed by atoms with van der Waals surface area (Å²) in [5.74, 6) is -3.80. The van der Waals surface area contributed by atoms with Gasteiger partial charge in [0.15, 0.2) is 0 Å². The van der Waals surface area contributed by atoms with Crippen LogP contribution in [0.15, 0.2) is 85.0 Å². The van der Waals surface area contributed by atoms with Gasteiger partial charge >= 0.3 is 5.97 Å². The van der Waals surface area contributed by atoms with Gasteiger partial charge in [0.05, 0.1) is 19.3 Å². The molecule has 0 spiro atoms. The number of allylic oxidation sites excluding steroid dienone is 3. The number of rotatable bonds is 16. The van der Waals surface area contributed by atoms with Crippen molar-refractivity contribution in [1.29, 1.82) is 0 Å². The predicted octanol–water partition coefficient (Wildman–Crippen LogP) is 7.99. The largest absolute Gasteiger partial charge is 0.469 e. The number of unbranched alkanes of at least 4 members (excludes halogenated alkanes) is 3. The Bertz CT molecular complexity index is 1150. The van der Waals surface area contributed by atoms with Gasteiger partial charge < -0.3 is 14.3 Å². The number of alkyl halides is 2. The summed E-state index contributed by atoms with van der Waals surface area (Å²) in [7, 11) is -1.55. The van der Waals surface area contributed by atoms with Crippen molar-refractivity contribution < 1.29 is 27.8 Å². The Hall–Kier alpha value is -2.61. The normalized spacial score (nSPS) is 21.4. The number of aliphatic hydroxyl groups excluding tert-OH is 1. The highest BCUT2D eigenvalue weighted by Crippen LogP contribution is 2.44. The maximum atomic E-state index is 14.9. The fourth-order valence-corrected chi connectivity index (χ4v) is 11.3. The molecule has 3 rings (SSSR count). The number of halogens is 2. The van der Waals surface area contributed by atoms with Crippen LogP contribution in [0.5, 0.6) is 0 Å². The molecule has 2 aromatic rings. The van der Waals surface area contributed by atoms with Gasteiger partial charge in [-0.15, -0.1) is 0 Å². The van der Waals surface area contributed by atoms with Gasteiger partial charge in [0.25, 0.3) is 14.2 Å². The Morgan fingerprint density at radius 2 is 1.59 bits per heavy atom. The van der Waals surface area contributed by atoms with E-state index in [-0.39, 0.29) is 29.5 Å². The monoisotopic (exact) mass is 626 g/mol. The first-order valence-corrected chi connectivity index (χ1v) is 18.1. The van der Waals surface area contributed by atoms with Crippen molar-refractivity contribution in [2.24, 2.45) is 11.8 Å². The van der Waals surface area contributed by atoms with E-state index in [1.165, 1.54) is 7.11 Å². The zero-order valence-electron chi connectivity index (χ0n) is 27.2. The Morgan fingerprint density at radius 3 is 2.14 bits per heavy atom.